The first-order valence-corrected chi connectivity index (χ1v) is 7.00. The van der Waals surface area contributed by atoms with Gasteiger partial charge in [0.1, 0.15) is 0 Å². The third-order valence-corrected chi connectivity index (χ3v) is 3.92. The summed E-state index contributed by atoms with van der Waals surface area (Å²) in [5, 5.41) is 3.50. The molecule has 0 aliphatic carbocycles. The van der Waals surface area contributed by atoms with E-state index in [0.29, 0.717) is 6.04 Å². The van der Waals surface area contributed by atoms with Crippen molar-refractivity contribution in [3.63, 3.8) is 0 Å². The molecule has 0 radical (unpaired) electrons. The normalized spacial score (nSPS) is 23.7. The number of nitrogens with one attached hydrogen (secondary N) is 1. The summed E-state index contributed by atoms with van der Waals surface area (Å²) < 4.78 is 5.37. The predicted molar refractivity (Wildman–Crippen MR) is 74.2 cm³/mol. The Balaban J connectivity index is 1.58. The van der Waals surface area contributed by atoms with Gasteiger partial charge in [-0.1, -0.05) is 12.1 Å². The van der Waals surface area contributed by atoms with E-state index in [1.54, 1.807) is 0 Å². The van der Waals surface area contributed by atoms with E-state index < -0.39 is 0 Å². The lowest BCUT2D eigenvalue weighted by molar-refractivity contribution is 0.0384. The van der Waals surface area contributed by atoms with Gasteiger partial charge in [-0.2, -0.15) is 0 Å². The molecule has 1 atom stereocenters. The Bertz CT molecular complexity index is 413. The van der Waals surface area contributed by atoms with Gasteiger partial charge >= 0.3 is 0 Å². The zero-order chi connectivity index (χ0) is 12.4. The van der Waals surface area contributed by atoms with Crippen LogP contribution in [0, 0.1) is 0 Å². The Kier molecular flexibility index (Phi) is 3.52. The summed E-state index contributed by atoms with van der Waals surface area (Å²) in [6, 6.07) is 7.49. The first-order chi connectivity index (χ1) is 8.81. The van der Waals surface area contributed by atoms with Crippen molar-refractivity contribution >= 4 is 5.69 Å². The number of rotatable bonds is 3. The number of fused-ring (bicyclic) bond motifs is 1. The first kappa shape index (κ1) is 12.0. The zero-order valence-corrected chi connectivity index (χ0v) is 11.1. The molecule has 1 fully saturated rings. The number of hydrogen-bond acceptors (Lipinski definition) is 3. The fourth-order valence-electron chi connectivity index (χ4n) is 2.87. The first-order valence-electron chi connectivity index (χ1n) is 7.00. The monoisotopic (exact) mass is 246 g/mol. The molecule has 0 amide bonds. The smallest absolute Gasteiger partial charge is 0.0594 e. The molecule has 2 aliphatic heterocycles. The molecule has 3 rings (SSSR count). The van der Waals surface area contributed by atoms with Gasteiger partial charge in [-0.15, -0.1) is 0 Å². The number of hydrogen-bond donors (Lipinski definition) is 1. The average Bonchev–Trinajstić information content (AvgIpc) is 2.77. The van der Waals surface area contributed by atoms with Crippen LogP contribution in [0.5, 0.6) is 0 Å². The standard InChI is InChI=1S/C15H22N2O/c1-12-10-14-11-13(2-3-15(14)16-12)4-5-17-6-8-18-9-7-17/h2-3,11-12,16H,4-10H2,1H3. The van der Waals surface area contributed by atoms with E-state index in [4.69, 9.17) is 4.74 Å². The Morgan fingerprint density at radius 2 is 2.17 bits per heavy atom. The van der Waals surface area contributed by atoms with Crippen LogP contribution in [-0.4, -0.2) is 43.8 Å². The lowest BCUT2D eigenvalue weighted by atomic mass is 10.0. The number of ether oxygens (including phenoxy) is 1. The van der Waals surface area contributed by atoms with Crippen LogP contribution in [0.3, 0.4) is 0 Å². The fourth-order valence-corrected chi connectivity index (χ4v) is 2.87. The van der Waals surface area contributed by atoms with Crippen molar-refractivity contribution < 1.29 is 4.74 Å². The highest BCUT2D eigenvalue weighted by Gasteiger charge is 2.16. The van der Waals surface area contributed by atoms with E-state index in [9.17, 15) is 0 Å². The number of morpholine rings is 1. The van der Waals surface area contributed by atoms with Crippen molar-refractivity contribution in [3.8, 4) is 0 Å². The van der Waals surface area contributed by atoms with E-state index in [-0.39, 0.29) is 0 Å². The maximum absolute atomic E-state index is 5.37. The van der Waals surface area contributed by atoms with E-state index in [1.165, 1.54) is 23.2 Å². The van der Waals surface area contributed by atoms with Crippen LogP contribution in [-0.2, 0) is 17.6 Å². The van der Waals surface area contributed by atoms with Crippen molar-refractivity contribution in [2.75, 3.05) is 38.2 Å². The fraction of sp³-hybridized carbons (Fsp3) is 0.600. The molecule has 0 spiro atoms. The predicted octanol–water partition coefficient (Wildman–Crippen LogP) is 1.92. The maximum atomic E-state index is 5.37. The highest BCUT2D eigenvalue weighted by atomic mass is 16.5. The van der Waals surface area contributed by atoms with Gasteiger partial charge in [0.05, 0.1) is 13.2 Å². The Labute approximate surface area is 109 Å². The topological polar surface area (TPSA) is 24.5 Å². The van der Waals surface area contributed by atoms with Crippen molar-refractivity contribution in [1.29, 1.82) is 0 Å². The molecule has 0 saturated carbocycles. The van der Waals surface area contributed by atoms with Crippen molar-refractivity contribution in [1.82, 2.24) is 4.90 Å². The zero-order valence-electron chi connectivity index (χ0n) is 11.1. The lowest BCUT2D eigenvalue weighted by Crippen LogP contribution is -2.37. The Hall–Kier alpha value is -1.06. The van der Waals surface area contributed by atoms with Crippen LogP contribution in [0.2, 0.25) is 0 Å². The molecule has 0 bridgehead atoms. The molecule has 1 saturated heterocycles. The van der Waals surface area contributed by atoms with Gasteiger partial charge in [-0.3, -0.25) is 4.90 Å². The molecule has 2 aliphatic rings. The molecule has 1 aromatic carbocycles. The summed E-state index contributed by atoms with van der Waals surface area (Å²) in [4.78, 5) is 2.50. The summed E-state index contributed by atoms with van der Waals surface area (Å²) in [6.07, 6.45) is 2.32. The van der Waals surface area contributed by atoms with E-state index >= 15 is 0 Å². The number of benzene rings is 1. The SMILES string of the molecule is CC1Cc2cc(CCN3CCOCC3)ccc2N1. The molecule has 0 aromatic heterocycles. The minimum atomic E-state index is 0.592. The molecular weight excluding hydrogens is 224 g/mol. The van der Waals surface area contributed by atoms with Crippen LogP contribution in [0.1, 0.15) is 18.1 Å². The molecule has 98 valence electrons. The third kappa shape index (κ3) is 2.68. The lowest BCUT2D eigenvalue weighted by Gasteiger charge is -2.26. The van der Waals surface area contributed by atoms with Gasteiger partial charge in [0, 0.05) is 31.4 Å². The molecule has 3 nitrogen and oxygen atoms in total. The summed E-state index contributed by atoms with van der Waals surface area (Å²) in [5.41, 5.74) is 4.29. The molecule has 1 unspecified atom stereocenters. The maximum Gasteiger partial charge on any atom is 0.0594 e. The van der Waals surface area contributed by atoms with Crippen molar-refractivity contribution in [2.45, 2.75) is 25.8 Å². The third-order valence-electron chi connectivity index (χ3n) is 3.92. The number of nitrogens with zero attached hydrogens (tertiary/aromatic N) is 1. The summed E-state index contributed by atoms with van der Waals surface area (Å²) in [6.45, 7) is 7.36. The summed E-state index contributed by atoms with van der Waals surface area (Å²) >= 11 is 0. The van der Waals surface area contributed by atoms with Gasteiger partial charge in [-0.25, -0.2) is 0 Å². The minimum absolute atomic E-state index is 0.592. The molecule has 3 heteroatoms. The second-order valence-corrected chi connectivity index (χ2v) is 5.45. The molecule has 1 aromatic rings. The van der Waals surface area contributed by atoms with Crippen molar-refractivity contribution in [2.24, 2.45) is 0 Å². The molecule has 2 heterocycles. The van der Waals surface area contributed by atoms with Gasteiger partial charge in [-0.05, 0) is 37.0 Å². The second-order valence-electron chi connectivity index (χ2n) is 5.45. The van der Waals surface area contributed by atoms with Crippen LogP contribution >= 0.6 is 0 Å². The highest BCUT2D eigenvalue weighted by Crippen LogP contribution is 2.26. The van der Waals surface area contributed by atoms with Gasteiger partial charge in [0.2, 0.25) is 0 Å². The number of anilines is 1. The van der Waals surface area contributed by atoms with E-state index in [1.807, 2.05) is 0 Å². The van der Waals surface area contributed by atoms with Crippen LogP contribution < -0.4 is 5.32 Å². The minimum Gasteiger partial charge on any atom is -0.382 e. The second kappa shape index (κ2) is 5.29. The van der Waals surface area contributed by atoms with Crippen LogP contribution in [0.4, 0.5) is 5.69 Å². The van der Waals surface area contributed by atoms with Gasteiger partial charge < -0.3 is 10.1 Å². The van der Waals surface area contributed by atoms with Gasteiger partial charge in [0.25, 0.3) is 0 Å². The van der Waals surface area contributed by atoms with E-state index in [2.05, 4.69) is 35.3 Å². The molecular formula is C15H22N2O. The van der Waals surface area contributed by atoms with E-state index in [0.717, 1.165) is 39.3 Å². The van der Waals surface area contributed by atoms with Gasteiger partial charge in [0.15, 0.2) is 0 Å². The van der Waals surface area contributed by atoms with Crippen LogP contribution in [0.25, 0.3) is 0 Å². The summed E-state index contributed by atoms with van der Waals surface area (Å²) in [7, 11) is 0. The Morgan fingerprint density at radius 1 is 1.33 bits per heavy atom. The summed E-state index contributed by atoms with van der Waals surface area (Å²) in [5.74, 6) is 0. The average molecular weight is 246 g/mol. The van der Waals surface area contributed by atoms with Crippen LogP contribution in [0.15, 0.2) is 18.2 Å². The molecule has 18 heavy (non-hydrogen) atoms. The largest absolute Gasteiger partial charge is 0.382 e. The van der Waals surface area contributed by atoms with Crippen molar-refractivity contribution in [3.05, 3.63) is 29.3 Å². The Morgan fingerprint density at radius 3 is 3.00 bits per heavy atom. The quantitative estimate of drug-likeness (QED) is 0.882. The molecule has 1 N–H and O–H groups in total. The highest BCUT2D eigenvalue weighted by molar-refractivity contribution is 5.57.